The number of benzene rings is 1. The van der Waals surface area contributed by atoms with Gasteiger partial charge in [-0.25, -0.2) is 0 Å². The first kappa shape index (κ1) is 15.1. The quantitative estimate of drug-likeness (QED) is 0.946. The van der Waals surface area contributed by atoms with Crippen molar-refractivity contribution in [3.8, 4) is 0 Å². The molecule has 1 aromatic heterocycles. The third kappa shape index (κ3) is 2.41. The Morgan fingerprint density at radius 1 is 1.41 bits per heavy atom. The summed E-state index contributed by atoms with van der Waals surface area (Å²) in [5.41, 5.74) is 3.02. The molecule has 0 aliphatic carbocycles. The Labute approximate surface area is 131 Å². The summed E-state index contributed by atoms with van der Waals surface area (Å²) in [7, 11) is 0. The van der Waals surface area contributed by atoms with E-state index in [0.717, 1.165) is 12.2 Å². The minimum absolute atomic E-state index is 0.0376. The average Bonchev–Trinajstić information content (AvgIpc) is 2.73. The summed E-state index contributed by atoms with van der Waals surface area (Å²) in [5, 5.41) is 4.22. The molecule has 0 spiro atoms. The number of carbonyl (C=O) groups is 1. The number of hydrogen-bond acceptors (Lipinski definition) is 2. The smallest absolute Gasteiger partial charge is 0.223 e. The normalized spacial score (nSPS) is 21.1. The topological polar surface area (TPSA) is 43.3 Å². The van der Waals surface area contributed by atoms with E-state index in [1.807, 2.05) is 20.8 Å². The van der Waals surface area contributed by atoms with E-state index in [0.29, 0.717) is 13.0 Å². The van der Waals surface area contributed by atoms with Crippen LogP contribution in [0.25, 0.3) is 10.9 Å². The molecule has 2 aromatic rings. The van der Waals surface area contributed by atoms with Crippen LogP contribution >= 0.6 is 0 Å². The number of aromatic nitrogens is 1. The van der Waals surface area contributed by atoms with Crippen molar-refractivity contribution in [2.24, 2.45) is 0 Å². The number of carbonyl (C=O) groups excluding carboxylic acids is 1. The van der Waals surface area contributed by atoms with Crippen LogP contribution in [0.3, 0.4) is 0 Å². The first-order chi connectivity index (χ1) is 10.4. The van der Waals surface area contributed by atoms with Crippen LogP contribution in [0, 0.1) is 6.92 Å². The molecule has 4 heteroatoms. The fourth-order valence-corrected chi connectivity index (χ4v) is 3.64. The number of amides is 1. The molecule has 1 aliphatic heterocycles. The standard InChI is InChI=1S/C18H24N2O2/c1-12(2)19-16(21)11-18(4)17-13(3)14-7-5-6-8-15(14)20(17)9-10-22-18/h5-8,12H,9-11H2,1-4H3,(H,19,21). The number of ether oxygens (including phenoxy) is 1. The van der Waals surface area contributed by atoms with Gasteiger partial charge >= 0.3 is 0 Å². The lowest BCUT2D eigenvalue weighted by molar-refractivity contribution is -0.132. The van der Waals surface area contributed by atoms with Crippen LogP contribution < -0.4 is 5.32 Å². The van der Waals surface area contributed by atoms with Crippen molar-refractivity contribution in [3.05, 3.63) is 35.5 Å². The Hall–Kier alpha value is -1.81. The molecule has 2 heterocycles. The van der Waals surface area contributed by atoms with E-state index in [1.54, 1.807) is 0 Å². The van der Waals surface area contributed by atoms with Crippen LogP contribution in [-0.2, 0) is 21.7 Å². The van der Waals surface area contributed by atoms with Crippen molar-refractivity contribution in [2.75, 3.05) is 6.61 Å². The number of nitrogens with one attached hydrogen (secondary N) is 1. The summed E-state index contributed by atoms with van der Waals surface area (Å²) in [6.45, 7) is 9.58. The van der Waals surface area contributed by atoms with Gasteiger partial charge in [-0.05, 0) is 39.3 Å². The molecule has 3 rings (SSSR count). The molecule has 1 unspecified atom stereocenters. The van der Waals surface area contributed by atoms with E-state index in [1.165, 1.54) is 16.5 Å². The lowest BCUT2D eigenvalue weighted by Gasteiger charge is -2.36. The maximum absolute atomic E-state index is 12.3. The molecule has 1 aliphatic rings. The Balaban J connectivity index is 2.05. The second kappa shape index (κ2) is 5.43. The van der Waals surface area contributed by atoms with Crippen LogP contribution in [-0.4, -0.2) is 23.1 Å². The molecule has 0 saturated heterocycles. The van der Waals surface area contributed by atoms with Gasteiger partial charge in [-0.1, -0.05) is 18.2 Å². The third-order valence-electron chi connectivity index (χ3n) is 4.41. The SMILES string of the molecule is Cc1c2n(c3ccccc13)CCOC2(C)CC(=O)NC(C)C. The monoisotopic (exact) mass is 300 g/mol. The van der Waals surface area contributed by atoms with Gasteiger partial charge in [-0.2, -0.15) is 0 Å². The van der Waals surface area contributed by atoms with E-state index < -0.39 is 5.60 Å². The Morgan fingerprint density at radius 3 is 2.86 bits per heavy atom. The molecule has 118 valence electrons. The first-order valence-corrected chi connectivity index (χ1v) is 7.94. The molecule has 0 bridgehead atoms. The van der Waals surface area contributed by atoms with Crippen molar-refractivity contribution in [2.45, 2.75) is 52.3 Å². The third-order valence-corrected chi connectivity index (χ3v) is 4.41. The van der Waals surface area contributed by atoms with E-state index in [-0.39, 0.29) is 11.9 Å². The van der Waals surface area contributed by atoms with Crippen molar-refractivity contribution in [1.82, 2.24) is 9.88 Å². The second-order valence-electron chi connectivity index (χ2n) is 6.62. The summed E-state index contributed by atoms with van der Waals surface area (Å²) in [6.07, 6.45) is 0.350. The number of aryl methyl sites for hydroxylation is 1. The van der Waals surface area contributed by atoms with Gasteiger partial charge < -0.3 is 14.6 Å². The number of hydrogen-bond donors (Lipinski definition) is 1. The lowest BCUT2D eigenvalue weighted by atomic mass is 9.92. The predicted octanol–water partition coefficient (Wildman–Crippen LogP) is 3.11. The molecule has 0 fully saturated rings. The number of nitrogens with zero attached hydrogens (tertiary/aromatic N) is 1. The number of fused-ring (bicyclic) bond motifs is 3. The van der Waals surface area contributed by atoms with Gasteiger partial charge in [0.2, 0.25) is 5.91 Å². The molecule has 1 aromatic carbocycles. The highest BCUT2D eigenvalue weighted by atomic mass is 16.5. The number of para-hydroxylation sites is 1. The summed E-state index contributed by atoms with van der Waals surface area (Å²) < 4.78 is 8.39. The molecule has 1 N–H and O–H groups in total. The Bertz CT molecular complexity index is 717. The van der Waals surface area contributed by atoms with Gasteiger partial charge in [0.1, 0.15) is 5.60 Å². The van der Waals surface area contributed by atoms with Crippen LogP contribution in [0.2, 0.25) is 0 Å². The Morgan fingerprint density at radius 2 is 2.14 bits per heavy atom. The van der Waals surface area contributed by atoms with Gasteiger partial charge in [0, 0.05) is 23.5 Å². The van der Waals surface area contributed by atoms with Crippen LogP contribution in [0.4, 0.5) is 0 Å². The maximum atomic E-state index is 12.3. The first-order valence-electron chi connectivity index (χ1n) is 7.94. The summed E-state index contributed by atoms with van der Waals surface area (Å²) in [5.74, 6) is 0.0376. The van der Waals surface area contributed by atoms with Gasteiger partial charge in [0.15, 0.2) is 0 Å². The zero-order chi connectivity index (χ0) is 15.9. The van der Waals surface area contributed by atoms with Crippen molar-refractivity contribution in [1.29, 1.82) is 0 Å². The van der Waals surface area contributed by atoms with E-state index >= 15 is 0 Å². The van der Waals surface area contributed by atoms with E-state index in [9.17, 15) is 4.79 Å². The maximum Gasteiger partial charge on any atom is 0.223 e. The fourth-order valence-electron chi connectivity index (χ4n) is 3.64. The van der Waals surface area contributed by atoms with Crippen molar-refractivity contribution >= 4 is 16.8 Å². The molecule has 1 atom stereocenters. The predicted molar refractivity (Wildman–Crippen MR) is 87.9 cm³/mol. The molecule has 4 nitrogen and oxygen atoms in total. The Kier molecular flexibility index (Phi) is 3.73. The molecule has 1 amide bonds. The largest absolute Gasteiger partial charge is 0.367 e. The van der Waals surface area contributed by atoms with Crippen LogP contribution in [0.15, 0.2) is 24.3 Å². The van der Waals surface area contributed by atoms with Gasteiger partial charge in [-0.15, -0.1) is 0 Å². The number of rotatable bonds is 3. The zero-order valence-corrected chi connectivity index (χ0v) is 13.8. The lowest BCUT2D eigenvalue weighted by Crippen LogP contribution is -2.42. The second-order valence-corrected chi connectivity index (χ2v) is 6.62. The average molecular weight is 300 g/mol. The van der Waals surface area contributed by atoms with Gasteiger partial charge in [0.05, 0.1) is 18.7 Å². The fraction of sp³-hybridized carbons (Fsp3) is 0.500. The molecule has 0 radical (unpaired) electrons. The summed E-state index contributed by atoms with van der Waals surface area (Å²) >= 11 is 0. The molecular formula is C18H24N2O2. The van der Waals surface area contributed by atoms with E-state index in [2.05, 4.69) is 41.1 Å². The minimum atomic E-state index is -0.569. The molecular weight excluding hydrogens is 276 g/mol. The van der Waals surface area contributed by atoms with E-state index in [4.69, 9.17) is 4.74 Å². The van der Waals surface area contributed by atoms with Crippen LogP contribution in [0.5, 0.6) is 0 Å². The van der Waals surface area contributed by atoms with Gasteiger partial charge in [0.25, 0.3) is 0 Å². The highest BCUT2D eigenvalue weighted by Crippen LogP contribution is 2.39. The summed E-state index contributed by atoms with van der Waals surface area (Å²) in [4.78, 5) is 12.3. The minimum Gasteiger partial charge on any atom is -0.367 e. The molecule has 0 saturated carbocycles. The molecule has 22 heavy (non-hydrogen) atoms. The van der Waals surface area contributed by atoms with Crippen LogP contribution in [0.1, 0.15) is 38.4 Å². The van der Waals surface area contributed by atoms with Crippen molar-refractivity contribution in [3.63, 3.8) is 0 Å². The van der Waals surface area contributed by atoms with Crippen molar-refractivity contribution < 1.29 is 9.53 Å². The highest BCUT2D eigenvalue weighted by Gasteiger charge is 2.38. The highest BCUT2D eigenvalue weighted by molar-refractivity contribution is 5.86. The van der Waals surface area contributed by atoms with Gasteiger partial charge in [-0.3, -0.25) is 4.79 Å². The summed E-state index contributed by atoms with van der Waals surface area (Å²) in [6, 6.07) is 8.56. The zero-order valence-electron chi connectivity index (χ0n) is 13.8.